The largest absolute Gasteiger partial charge is 0.497 e. The number of pyridine rings is 1. The van der Waals surface area contributed by atoms with E-state index in [9.17, 15) is 10.1 Å². The number of hydrogen-bond acceptors (Lipinski definition) is 5. The maximum absolute atomic E-state index is 12.3. The molecule has 0 unspecified atom stereocenters. The van der Waals surface area contributed by atoms with E-state index in [2.05, 4.69) is 16.4 Å². The van der Waals surface area contributed by atoms with E-state index in [4.69, 9.17) is 16.3 Å². The lowest BCUT2D eigenvalue weighted by Crippen LogP contribution is -2.14. The molecule has 3 aromatic rings. The maximum atomic E-state index is 12.3. The Hall–Kier alpha value is -3.01. The predicted octanol–water partition coefficient (Wildman–Crippen LogP) is 5.01. The van der Waals surface area contributed by atoms with Crippen LogP contribution >= 0.6 is 23.4 Å². The zero-order valence-electron chi connectivity index (χ0n) is 15.0. The number of carbonyl (C=O) groups is 1. The fourth-order valence-electron chi connectivity index (χ4n) is 2.46. The van der Waals surface area contributed by atoms with Crippen LogP contribution in [-0.4, -0.2) is 23.8 Å². The van der Waals surface area contributed by atoms with E-state index in [1.807, 2.05) is 24.3 Å². The molecule has 1 aromatic heterocycles. The van der Waals surface area contributed by atoms with Gasteiger partial charge < -0.3 is 10.1 Å². The third kappa shape index (κ3) is 4.83. The minimum Gasteiger partial charge on any atom is -0.497 e. The number of benzene rings is 2. The van der Waals surface area contributed by atoms with Gasteiger partial charge in [0.05, 0.1) is 34.8 Å². The summed E-state index contributed by atoms with van der Waals surface area (Å²) in [5, 5.41) is 13.1. The van der Waals surface area contributed by atoms with Gasteiger partial charge in [0.2, 0.25) is 5.91 Å². The number of nitrogens with zero attached hydrogens (tertiary/aromatic N) is 2. The SMILES string of the molecule is COc1cccc(-c2ccc(C#N)c(SCC(=O)Nc3ccccc3Cl)n2)c1. The Morgan fingerprint density at radius 3 is 2.79 bits per heavy atom. The van der Waals surface area contributed by atoms with Gasteiger partial charge in [0.15, 0.2) is 0 Å². The standard InChI is InChI=1S/C21H16ClN3O2S/c1-27-16-6-4-5-14(11-16)18-10-9-15(12-23)21(25-18)28-13-20(26)24-19-8-3-2-7-17(19)22/h2-11H,13H2,1H3,(H,24,26). The van der Waals surface area contributed by atoms with Crippen LogP contribution in [0.4, 0.5) is 5.69 Å². The van der Waals surface area contributed by atoms with Crippen LogP contribution in [0.25, 0.3) is 11.3 Å². The van der Waals surface area contributed by atoms with E-state index in [0.717, 1.165) is 11.3 Å². The van der Waals surface area contributed by atoms with Crippen LogP contribution in [0.5, 0.6) is 5.75 Å². The number of anilines is 1. The summed E-state index contributed by atoms with van der Waals surface area (Å²) in [6, 6.07) is 20.1. The highest BCUT2D eigenvalue weighted by Gasteiger charge is 2.12. The van der Waals surface area contributed by atoms with Crippen molar-refractivity contribution in [1.29, 1.82) is 5.26 Å². The Morgan fingerprint density at radius 1 is 1.21 bits per heavy atom. The third-order valence-electron chi connectivity index (χ3n) is 3.83. The average Bonchev–Trinajstić information content (AvgIpc) is 2.73. The number of hydrogen-bond donors (Lipinski definition) is 1. The van der Waals surface area contributed by atoms with Gasteiger partial charge in [0.1, 0.15) is 16.8 Å². The molecule has 28 heavy (non-hydrogen) atoms. The summed E-state index contributed by atoms with van der Waals surface area (Å²) in [5.41, 5.74) is 2.54. The molecule has 5 nitrogen and oxygen atoms in total. The monoisotopic (exact) mass is 409 g/mol. The molecular formula is C21H16ClN3O2S. The van der Waals surface area contributed by atoms with Gasteiger partial charge >= 0.3 is 0 Å². The molecule has 0 aliphatic rings. The highest BCUT2D eigenvalue weighted by molar-refractivity contribution is 8.00. The van der Waals surface area contributed by atoms with Gasteiger partial charge in [0.25, 0.3) is 0 Å². The van der Waals surface area contributed by atoms with Crippen LogP contribution < -0.4 is 10.1 Å². The van der Waals surface area contributed by atoms with Crippen LogP contribution in [-0.2, 0) is 4.79 Å². The molecule has 140 valence electrons. The van der Waals surface area contributed by atoms with E-state index >= 15 is 0 Å². The first-order valence-electron chi connectivity index (χ1n) is 8.33. The summed E-state index contributed by atoms with van der Waals surface area (Å²) in [5.74, 6) is 0.599. The second-order valence-electron chi connectivity index (χ2n) is 5.71. The zero-order valence-corrected chi connectivity index (χ0v) is 16.6. The minimum atomic E-state index is -0.226. The molecular weight excluding hydrogens is 394 g/mol. The molecule has 7 heteroatoms. The minimum absolute atomic E-state index is 0.106. The number of thioether (sulfide) groups is 1. The second kappa shape index (κ2) is 9.27. The molecule has 0 bridgehead atoms. The number of para-hydroxylation sites is 1. The first-order valence-corrected chi connectivity index (χ1v) is 9.70. The van der Waals surface area contributed by atoms with Crippen molar-refractivity contribution in [1.82, 2.24) is 4.98 Å². The number of nitriles is 1. The maximum Gasteiger partial charge on any atom is 0.234 e. The van der Waals surface area contributed by atoms with E-state index in [1.54, 1.807) is 43.5 Å². The summed E-state index contributed by atoms with van der Waals surface area (Å²) >= 11 is 7.26. The zero-order chi connectivity index (χ0) is 19.9. The fraction of sp³-hybridized carbons (Fsp3) is 0.0952. The van der Waals surface area contributed by atoms with E-state index in [1.165, 1.54) is 11.8 Å². The van der Waals surface area contributed by atoms with E-state index in [-0.39, 0.29) is 11.7 Å². The first-order chi connectivity index (χ1) is 13.6. The number of carbonyl (C=O) groups excluding carboxylic acids is 1. The van der Waals surface area contributed by atoms with Crippen molar-refractivity contribution in [3.05, 3.63) is 71.2 Å². The van der Waals surface area contributed by atoms with Crippen LogP contribution in [0.3, 0.4) is 0 Å². The smallest absolute Gasteiger partial charge is 0.234 e. The molecule has 0 aliphatic heterocycles. The second-order valence-corrected chi connectivity index (χ2v) is 7.08. The van der Waals surface area contributed by atoms with Gasteiger partial charge in [-0.3, -0.25) is 4.79 Å². The Morgan fingerprint density at radius 2 is 2.04 bits per heavy atom. The van der Waals surface area contributed by atoms with Crippen LogP contribution in [0.2, 0.25) is 5.02 Å². The lowest BCUT2D eigenvalue weighted by molar-refractivity contribution is -0.113. The van der Waals surface area contributed by atoms with Gasteiger partial charge in [-0.15, -0.1) is 0 Å². The lowest BCUT2D eigenvalue weighted by Gasteiger charge is -2.09. The Balaban J connectivity index is 1.76. The van der Waals surface area contributed by atoms with Crippen LogP contribution in [0, 0.1) is 11.3 Å². The number of nitrogens with one attached hydrogen (secondary N) is 1. The number of ether oxygens (including phenoxy) is 1. The number of amides is 1. The van der Waals surface area contributed by atoms with Crippen molar-refractivity contribution in [2.24, 2.45) is 0 Å². The van der Waals surface area contributed by atoms with Crippen LogP contribution in [0.1, 0.15) is 5.56 Å². The quantitative estimate of drug-likeness (QED) is 0.579. The van der Waals surface area contributed by atoms with Gasteiger partial charge in [-0.25, -0.2) is 4.98 Å². The predicted molar refractivity (Wildman–Crippen MR) is 112 cm³/mol. The van der Waals surface area contributed by atoms with E-state index < -0.39 is 0 Å². The molecule has 1 amide bonds. The average molecular weight is 410 g/mol. The Bertz CT molecular complexity index is 1050. The van der Waals surface area contributed by atoms with Crippen LogP contribution in [0.15, 0.2) is 65.7 Å². The van der Waals surface area contributed by atoms with Crippen molar-refractivity contribution in [2.45, 2.75) is 5.03 Å². The molecule has 3 rings (SSSR count). The fourth-order valence-corrected chi connectivity index (χ4v) is 3.42. The normalized spacial score (nSPS) is 10.2. The van der Waals surface area contributed by atoms with Gasteiger partial charge in [-0.2, -0.15) is 5.26 Å². The molecule has 0 fully saturated rings. The van der Waals surface area contributed by atoms with E-state index in [0.29, 0.717) is 27.0 Å². The molecule has 2 aromatic carbocycles. The number of rotatable bonds is 6. The molecule has 0 radical (unpaired) electrons. The summed E-state index contributed by atoms with van der Waals surface area (Å²) in [6.45, 7) is 0. The molecule has 0 spiro atoms. The van der Waals surface area contributed by atoms with Gasteiger partial charge in [0, 0.05) is 5.56 Å². The Labute approximate surface area is 172 Å². The van der Waals surface area contributed by atoms with Crippen molar-refractivity contribution in [2.75, 3.05) is 18.2 Å². The van der Waals surface area contributed by atoms with Crippen molar-refractivity contribution in [3.63, 3.8) is 0 Å². The summed E-state index contributed by atoms with van der Waals surface area (Å²) in [7, 11) is 1.60. The lowest BCUT2D eigenvalue weighted by atomic mass is 10.1. The number of halogens is 1. The van der Waals surface area contributed by atoms with Gasteiger partial charge in [-0.1, -0.05) is 47.6 Å². The number of aromatic nitrogens is 1. The highest BCUT2D eigenvalue weighted by Crippen LogP contribution is 2.28. The first kappa shape index (κ1) is 19.7. The molecule has 1 N–H and O–H groups in total. The van der Waals surface area contributed by atoms with Crippen molar-refractivity contribution in [3.8, 4) is 23.1 Å². The third-order valence-corrected chi connectivity index (χ3v) is 5.15. The molecule has 0 aliphatic carbocycles. The topological polar surface area (TPSA) is 75.0 Å². The summed E-state index contributed by atoms with van der Waals surface area (Å²) in [6.07, 6.45) is 0. The summed E-state index contributed by atoms with van der Waals surface area (Å²) in [4.78, 5) is 16.8. The molecule has 0 saturated carbocycles. The Kier molecular flexibility index (Phi) is 6.53. The summed E-state index contributed by atoms with van der Waals surface area (Å²) < 4.78 is 5.25. The van der Waals surface area contributed by atoms with Crippen molar-refractivity contribution < 1.29 is 9.53 Å². The highest BCUT2D eigenvalue weighted by atomic mass is 35.5. The van der Waals surface area contributed by atoms with Crippen molar-refractivity contribution >= 4 is 35.0 Å². The number of methoxy groups -OCH3 is 1. The molecule has 1 heterocycles. The van der Waals surface area contributed by atoms with Gasteiger partial charge in [-0.05, 0) is 36.4 Å². The molecule has 0 atom stereocenters. The molecule has 0 saturated heterocycles.